The predicted molar refractivity (Wildman–Crippen MR) is 36.8 cm³/mol. The molecule has 0 aliphatic carbocycles. The van der Waals surface area contributed by atoms with Crippen molar-refractivity contribution in [3.63, 3.8) is 0 Å². The first-order valence-corrected chi connectivity index (χ1v) is 3.05. The van der Waals surface area contributed by atoms with Crippen molar-refractivity contribution in [1.29, 1.82) is 0 Å². The molecule has 1 heterocycles. The Bertz CT molecular complexity index is 235. The molecule has 0 atom stereocenters. The molecule has 0 spiro atoms. The van der Waals surface area contributed by atoms with E-state index in [-0.39, 0.29) is 0 Å². The zero-order valence-corrected chi connectivity index (χ0v) is 5.76. The van der Waals surface area contributed by atoms with Gasteiger partial charge in [-0.1, -0.05) is 0 Å². The highest BCUT2D eigenvalue weighted by molar-refractivity contribution is 5.17. The lowest BCUT2D eigenvalue weighted by atomic mass is 10.2. The lowest BCUT2D eigenvalue weighted by Crippen LogP contribution is -1.99. The van der Waals surface area contributed by atoms with E-state index in [0.29, 0.717) is 12.1 Å². The van der Waals surface area contributed by atoms with E-state index in [1.807, 2.05) is 0 Å². The van der Waals surface area contributed by atoms with E-state index in [1.54, 1.807) is 13.0 Å². The number of aryl methyl sites for hydroxylation is 1. The number of hydrogen-bond donors (Lipinski definition) is 1. The minimum atomic E-state index is -0.419. The fourth-order valence-corrected chi connectivity index (χ4v) is 0.728. The number of rotatable bonds is 1. The van der Waals surface area contributed by atoms with Gasteiger partial charge in [-0.25, -0.2) is 4.98 Å². The summed E-state index contributed by atoms with van der Waals surface area (Å²) in [5.41, 5.74) is 6.71. The molecule has 0 radical (unpaired) electrons. The van der Waals surface area contributed by atoms with Crippen LogP contribution in [-0.2, 0) is 6.54 Å². The Morgan fingerprint density at radius 1 is 1.70 bits per heavy atom. The van der Waals surface area contributed by atoms with Crippen LogP contribution in [0.4, 0.5) is 4.39 Å². The van der Waals surface area contributed by atoms with Crippen LogP contribution < -0.4 is 5.73 Å². The molecule has 0 aromatic carbocycles. The van der Waals surface area contributed by atoms with Gasteiger partial charge in [-0.15, -0.1) is 0 Å². The number of nitrogens with zero attached hydrogens (tertiary/aromatic N) is 1. The molecule has 0 aliphatic heterocycles. The highest BCUT2D eigenvalue weighted by atomic mass is 19.1. The SMILES string of the molecule is Cc1cc(CN)cnc1F. The topological polar surface area (TPSA) is 38.9 Å². The van der Waals surface area contributed by atoms with Crippen LogP contribution in [0.5, 0.6) is 0 Å². The second-order valence-electron chi connectivity index (χ2n) is 2.16. The summed E-state index contributed by atoms with van der Waals surface area (Å²) in [4.78, 5) is 3.50. The molecule has 2 nitrogen and oxygen atoms in total. The molecule has 0 saturated carbocycles. The van der Waals surface area contributed by atoms with E-state index in [0.717, 1.165) is 5.56 Å². The molecule has 0 fully saturated rings. The van der Waals surface area contributed by atoms with Gasteiger partial charge in [0.15, 0.2) is 0 Å². The first-order valence-electron chi connectivity index (χ1n) is 3.05. The third-order valence-electron chi connectivity index (χ3n) is 1.31. The van der Waals surface area contributed by atoms with Crippen molar-refractivity contribution >= 4 is 0 Å². The Kier molecular flexibility index (Phi) is 1.97. The Morgan fingerprint density at radius 2 is 2.40 bits per heavy atom. The summed E-state index contributed by atoms with van der Waals surface area (Å²) in [5.74, 6) is -0.419. The van der Waals surface area contributed by atoms with Crippen LogP contribution in [0.3, 0.4) is 0 Å². The van der Waals surface area contributed by atoms with Crippen LogP contribution in [0.15, 0.2) is 12.3 Å². The molecule has 1 aromatic heterocycles. The molecule has 0 saturated heterocycles. The smallest absolute Gasteiger partial charge is 0.215 e. The zero-order valence-electron chi connectivity index (χ0n) is 5.76. The van der Waals surface area contributed by atoms with Crippen molar-refractivity contribution in [3.05, 3.63) is 29.3 Å². The molecule has 0 unspecified atom stereocenters. The maximum atomic E-state index is 12.5. The molecule has 1 rings (SSSR count). The highest BCUT2D eigenvalue weighted by Crippen LogP contribution is 2.04. The first kappa shape index (κ1) is 7.15. The Balaban J connectivity index is 3.04. The number of nitrogens with two attached hydrogens (primary N) is 1. The fourth-order valence-electron chi connectivity index (χ4n) is 0.728. The van der Waals surface area contributed by atoms with Crippen molar-refractivity contribution in [2.75, 3.05) is 0 Å². The summed E-state index contributed by atoms with van der Waals surface area (Å²) >= 11 is 0. The molecule has 0 amide bonds. The third kappa shape index (κ3) is 1.30. The zero-order chi connectivity index (χ0) is 7.56. The van der Waals surface area contributed by atoms with Crippen LogP contribution in [0.2, 0.25) is 0 Å². The molecule has 3 heteroatoms. The third-order valence-corrected chi connectivity index (χ3v) is 1.31. The van der Waals surface area contributed by atoms with Gasteiger partial charge >= 0.3 is 0 Å². The average Bonchev–Trinajstić information content (AvgIpc) is 1.95. The van der Waals surface area contributed by atoms with Gasteiger partial charge in [-0.2, -0.15) is 4.39 Å². The van der Waals surface area contributed by atoms with Crippen LogP contribution >= 0.6 is 0 Å². The van der Waals surface area contributed by atoms with E-state index in [2.05, 4.69) is 4.98 Å². The van der Waals surface area contributed by atoms with Gasteiger partial charge in [0.1, 0.15) is 0 Å². The summed E-state index contributed by atoms with van der Waals surface area (Å²) in [6.45, 7) is 2.08. The maximum Gasteiger partial charge on any atom is 0.215 e. The normalized spacial score (nSPS) is 9.90. The lowest BCUT2D eigenvalue weighted by Gasteiger charge is -1.97. The van der Waals surface area contributed by atoms with Crippen molar-refractivity contribution < 1.29 is 4.39 Å². The molecule has 0 bridgehead atoms. The number of hydrogen-bond acceptors (Lipinski definition) is 2. The van der Waals surface area contributed by atoms with Crippen molar-refractivity contribution in [3.8, 4) is 0 Å². The quantitative estimate of drug-likeness (QED) is 0.591. The van der Waals surface area contributed by atoms with E-state index in [9.17, 15) is 4.39 Å². The van der Waals surface area contributed by atoms with E-state index in [1.165, 1.54) is 6.20 Å². The number of halogens is 1. The van der Waals surface area contributed by atoms with Gasteiger partial charge in [0.25, 0.3) is 0 Å². The highest BCUT2D eigenvalue weighted by Gasteiger charge is 1.97. The van der Waals surface area contributed by atoms with Gasteiger partial charge in [0.05, 0.1) is 0 Å². The molecule has 54 valence electrons. The summed E-state index contributed by atoms with van der Waals surface area (Å²) in [6, 6.07) is 1.70. The molecule has 0 aliphatic rings. The first-order chi connectivity index (χ1) is 4.74. The van der Waals surface area contributed by atoms with E-state index in [4.69, 9.17) is 5.73 Å². The summed E-state index contributed by atoms with van der Waals surface area (Å²) in [6.07, 6.45) is 1.45. The summed E-state index contributed by atoms with van der Waals surface area (Å²) < 4.78 is 12.5. The molecule has 1 aromatic rings. The average molecular weight is 140 g/mol. The molecular formula is C7H9FN2. The Labute approximate surface area is 58.9 Å². The van der Waals surface area contributed by atoms with Crippen molar-refractivity contribution in [2.45, 2.75) is 13.5 Å². The second-order valence-corrected chi connectivity index (χ2v) is 2.16. The maximum absolute atomic E-state index is 12.5. The van der Waals surface area contributed by atoms with Crippen LogP contribution in [0, 0.1) is 12.9 Å². The van der Waals surface area contributed by atoms with Crippen LogP contribution in [-0.4, -0.2) is 4.98 Å². The van der Waals surface area contributed by atoms with Crippen LogP contribution in [0.25, 0.3) is 0 Å². The monoisotopic (exact) mass is 140 g/mol. The van der Waals surface area contributed by atoms with Crippen LogP contribution in [0.1, 0.15) is 11.1 Å². The predicted octanol–water partition coefficient (Wildman–Crippen LogP) is 0.988. The van der Waals surface area contributed by atoms with Gasteiger partial charge in [-0.3, -0.25) is 0 Å². The van der Waals surface area contributed by atoms with Gasteiger partial charge in [0, 0.05) is 18.3 Å². The van der Waals surface area contributed by atoms with E-state index < -0.39 is 5.95 Å². The van der Waals surface area contributed by atoms with E-state index >= 15 is 0 Å². The summed E-state index contributed by atoms with van der Waals surface area (Å²) in [5, 5.41) is 0. The fraction of sp³-hybridized carbons (Fsp3) is 0.286. The molecule has 10 heavy (non-hydrogen) atoms. The van der Waals surface area contributed by atoms with Gasteiger partial charge in [0.2, 0.25) is 5.95 Å². The number of aromatic nitrogens is 1. The molecule has 2 N–H and O–H groups in total. The minimum absolute atomic E-state index is 0.411. The molecular weight excluding hydrogens is 131 g/mol. The van der Waals surface area contributed by atoms with Crippen molar-refractivity contribution in [2.24, 2.45) is 5.73 Å². The Hall–Kier alpha value is -0.960. The largest absolute Gasteiger partial charge is 0.326 e. The second kappa shape index (κ2) is 2.75. The number of pyridine rings is 1. The Morgan fingerprint density at radius 3 is 2.90 bits per heavy atom. The van der Waals surface area contributed by atoms with Crippen molar-refractivity contribution in [1.82, 2.24) is 4.98 Å². The lowest BCUT2D eigenvalue weighted by molar-refractivity contribution is 0.573. The standard InChI is InChI=1S/C7H9FN2/c1-5-2-6(3-9)4-10-7(5)8/h2,4H,3,9H2,1H3. The van der Waals surface area contributed by atoms with Gasteiger partial charge in [-0.05, 0) is 18.6 Å². The minimum Gasteiger partial charge on any atom is -0.326 e. The van der Waals surface area contributed by atoms with Gasteiger partial charge < -0.3 is 5.73 Å². The summed E-state index contributed by atoms with van der Waals surface area (Å²) in [7, 11) is 0.